The molecular weight excluding hydrogens is 243 g/mol. The summed E-state index contributed by atoms with van der Waals surface area (Å²) in [5.41, 5.74) is 6.02. The SMILES string of the molecule is NCc1nc(Oc2cccc(F)c2)ccc1Cl. The van der Waals surface area contributed by atoms with Gasteiger partial charge in [0.25, 0.3) is 0 Å². The molecule has 3 nitrogen and oxygen atoms in total. The Morgan fingerprint density at radius 3 is 2.82 bits per heavy atom. The Morgan fingerprint density at radius 1 is 1.29 bits per heavy atom. The molecule has 0 fully saturated rings. The van der Waals surface area contributed by atoms with E-state index in [0.717, 1.165) is 0 Å². The van der Waals surface area contributed by atoms with Crippen molar-refractivity contribution in [1.82, 2.24) is 4.98 Å². The van der Waals surface area contributed by atoms with E-state index in [4.69, 9.17) is 22.1 Å². The predicted molar refractivity (Wildman–Crippen MR) is 63.6 cm³/mol. The van der Waals surface area contributed by atoms with Crippen molar-refractivity contribution in [2.45, 2.75) is 6.54 Å². The number of nitrogens with zero attached hydrogens (tertiary/aromatic N) is 1. The summed E-state index contributed by atoms with van der Waals surface area (Å²) < 4.78 is 18.3. The van der Waals surface area contributed by atoms with E-state index in [1.807, 2.05) is 0 Å². The van der Waals surface area contributed by atoms with Crippen molar-refractivity contribution in [1.29, 1.82) is 0 Å². The minimum atomic E-state index is -0.365. The first-order chi connectivity index (χ1) is 8.19. The maximum atomic E-state index is 12.9. The lowest BCUT2D eigenvalue weighted by Gasteiger charge is -2.07. The van der Waals surface area contributed by atoms with Crippen molar-refractivity contribution >= 4 is 11.6 Å². The fourth-order valence-electron chi connectivity index (χ4n) is 1.32. The predicted octanol–water partition coefficient (Wildman–Crippen LogP) is 3.13. The van der Waals surface area contributed by atoms with Gasteiger partial charge in [-0.3, -0.25) is 0 Å². The topological polar surface area (TPSA) is 48.1 Å². The minimum absolute atomic E-state index is 0.221. The van der Waals surface area contributed by atoms with Crippen LogP contribution >= 0.6 is 11.6 Å². The van der Waals surface area contributed by atoms with E-state index < -0.39 is 0 Å². The van der Waals surface area contributed by atoms with Crippen molar-refractivity contribution in [2.75, 3.05) is 0 Å². The number of aromatic nitrogens is 1. The summed E-state index contributed by atoms with van der Waals surface area (Å²) in [5.74, 6) is 0.346. The zero-order valence-electron chi connectivity index (χ0n) is 8.86. The second-order valence-corrected chi connectivity index (χ2v) is 3.75. The maximum Gasteiger partial charge on any atom is 0.219 e. The van der Waals surface area contributed by atoms with E-state index in [2.05, 4.69) is 4.98 Å². The number of rotatable bonds is 3. The molecule has 0 saturated heterocycles. The van der Waals surface area contributed by atoms with Gasteiger partial charge < -0.3 is 10.5 Å². The van der Waals surface area contributed by atoms with Crippen LogP contribution in [-0.2, 0) is 6.54 Å². The summed E-state index contributed by atoms with van der Waals surface area (Å²) >= 11 is 5.87. The number of halogens is 2. The van der Waals surface area contributed by atoms with Crippen LogP contribution < -0.4 is 10.5 Å². The van der Waals surface area contributed by atoms with Gasteiger partial charge in [0.05, 0.1) is 10.7 Å². The van der Waals surface area contributed by atoms with E-state index in [1.54, 1.807) is 24.3 Å². The molecule has 0 aliphatic carbocycles. The number of pyridine rings is 1. The van der Waals surface area contributed by atoms with Gasteiger partial charge in [-0.1, -0.05) is 17.7 Å². The van der Waals surface area contributed by atoms with Gasteiger partial charge in [0.1, 0.15) is 11.6 Å². The van der Waals surface area contributed by atoms with Gasteiger partial charge in [-0.05, 0) is 18.2 Å². The zero-order chi connectivity index (χ0) is 12.3. The van der Waals surface area contributed by atoms with Crippen LogP contribution in [0.25, 0.3) is 0 Å². The molecule has 2 aromatic rings. The zero-order valence-corrected chi connectivity index (χ0v) is 9.62. The molecule has 88 valence electrons. The smallest absolute Gasteiger partial charge is 0.219 e. The molecule has 0 aliphatic heterocycles. The monoisotopic (exact) mass is 252 g/mol. The lowest BCUT2D eigenvalue weighted by atomic mass is 10.3. The Morgan fingerprint density at radius 2 is 2.12 bits per heavy atom. The van der Waals surface area contributed by atoms with E-state index >= 15 is 0 Å². The molecule has 0 spiro atoms. The third-order valence-corrected chi connectivity index (χ3v) is 2.45. The summed E-state index contributed by atoms with van der Waals surface area (Å²) in [7, 11) is 0. The third-order valence-electron chi connectivity index (χ3n) is 2.10. The average Bonchev–Trinajstić information content (AvgIpc) is 2.32. The van der Waals surface area contributed by atoms with Crippen LogP contribution in [0.15, 0.2) is 36.4 Å². The van der Waals surface area contributed by atoms with Crippen LogP contribution in [0.5, 0.6) is 11.6 Å². The molecule has 0 saturated carbocycles. The van der Waals surface area contributed by atoms with E-state index in [0.29, 0.717) is 22.3 Å². The lowest BCUT2D eigenvalue weighted by Crippen LogP contribution is -2.01. The first-order valence-corrected chi connectivity index (χ1v) is 5.36. The molecule has 0 aliphatic rings. The fraction of sp³-hybridized carbons (Fsp3) is 0.0833. The highest BCUT2D eigenvalue weighted by atomic mass is 35.5. The third kappa shape index (κ3) is 2.93. The molecule has 0 amide bonds. The van der Waals surface area contributed by atoms with Crippen LogP contribution in [0.4, 0.5) is 4.39 Å². The van der Waals surface area contributed by atoms with Gasteiger partial charge in [0.15, 0.2) is 0 Å². The fourth-order valence-corrected chi connectivity index (χ4v) is 1.50. The van der Waals surface area contributed by atoms with Crippen molar-refractivity contribution < 1.29 is 9.13 Å². The van der Waals surface area contributed by atoms with Crippen LogP contribution in [0.1, 0.15) is 5.69 Å². The molecule has 2 N–H and O–H groups in total. The first-order valence-electron chi connectivity index (χ1n) is 4.98. The second-order valence-electron chi connectivity index (χ2n) is 3.34. The number of benzene rings is 1. The summed E-state index contributed by atoms with van der Waals surface area (Å²) in [4.78, 5) is 4.11. The van der Waals surface area contributed by atoms with Gasteiger partial charge in [0.2, 0.25) is 5.88 Å². The van der Waals surface area contributed by atoms with Gasteiger partial charge in [-0.2, -0.15) is 0 Å². The van der Waals surface area contributed by atoms with Gasteiger partial charge in [-0.15, -0.1) is 0 Å². The van der Waals surface area contributed by atoms with Crippen LogP contribution in [0, 0.1) is 5.82 Å². The Labute approximate surface area is 103 Å². The van der Waals surface area contributed by atoms with Crippen molar-refractivity contribution in [3.05, 3.63) is 52.9 Å². The summed E-state index contributed by atoms with van der Waals surface area (Å²) in [6.45, 7) is 0.221. The highest BCUT2D eigenvalue weighted by molar-refractivity contribution is 6.31. The molecule has 17 heavy (non-hydrogen) atoms. The average molecular weight is 253 g/mol. The molecule has 0 bridgehead atoms. The minimum Gasteiger partial charge on any atom is -0.439 e. The second kappa shape index (κ2) is 5.12. The van der Waals surface area contributed by atoms with Gasteiger partial charge in [0, 0.05) is 18.7 Å². The molecule has 2 rings (SSSR count). The van der Waals surface area contributed by atoms with Crippen LogP contribution in [0.3, 0.4) is 0 Å². The Balaban J connectivity index is 2.24. The van der Waals surface area contributed by atoms with Crippen LogP contribution in [0.2, 0.25) is 5.02 Å². The van der Waals surface area contributed by atoms with Crippen molar-refractivity contribution in [2.24, 2.45) is 5.73 Å². The standard InChI is InChI=1S/C12H10ClFN2O/c13-10-4-5-12(16-11(10)7-15)17-9-3-1-2-8(14)6-9/h1-6H,7,15H2. The maximum absolute atomic E-state index is 12.9. The normalized spacial score (nSPS) is 10.3. The van der Waals surface area contributed by atoms with Crippen LogP contribution in [-0.4, -0.2) is 4.98 Å². The molecule has 5 heteroatoms. The summed E-state index contributed by atoms with van der Waals surface area (Å²) in [6, 6.07) is 9.07. The Hall–Kier alpha value is -1.65. The Kier molecular flexibility index (Phi) is 3.56. The van der Waals surface area contributed by atoms with E-state index in [9.17, 15) is 4.39 Å². The number of hydrogen-bond donors (Lipinski definition) is 1. The number of ether oxygens (including phenoxy) is 1. The van der Waals surface area contributed by atoms with Crippen molar-refractivity contribution in [3.8, 4) is 11.6 Å². The highest BCUT2D eigenvalue weighted by Crippen LogP contribution is 2.23. The van der Waals surface area contributed by atoms with Gasteiger partial charge >= 0.3 is 0 Å². The molecular formula is C12H10ClFN2O. The Bertz CT molecular complexity index is 534. The number of hydrogen-bond acceptors (Lipinski definition) is 3. The van der Waals surface area contributed by atoms with E-state index in [1.165, 1.54) is 12.1 Å². The van der Waals surface area contributed by atoms with E-state index in [-0.39, 0.29) is 12.4 Å². The highest BCUT2D eigenvalue weighted by Gasteiger charge is 2.04. The molecule has 0 unspecified atom stereocenters. The van der Waals surface area contributed by atoms with Crippen molar-refractivity contribution in [3.63, 3.8) is 0 Å². The lowest BCUT2D eigenvalue weighted by molar-refractivity contribution is 0.456. The van der Waals surface area contributed by atoms with Gasteiger partial charge in [-0.25, -0.2) is 9.37 Å². The quantitative estimate of drug-likeness (QED) is 0.913. The molecule has 1 aromatic carbocycles. The first kappa shape index (κ1) is 11.8. The molecule has 1 heterocycles. The summed E-state index contributed by atoms with van der Waals surface area (Å²) in [6.07, 6.45) is 0. The molecule has 0 radical (unpaired) electrons. The number of nitrogens with two attached hydrogens (primary N) is 1. The molecule has 1 aromatic heterocycles. The summed E-state index contributed by atoms with van der Waals surface area (Å²) in [5, 5.41) is 0.485. The largest absolute Gasteiger partial charge is 0.439 e. The molecule has 0 atom stereocenters.